The van der Waals surface area contributed by atoms with Gasteiger partial charge in [-0.25, -0.2) is 4.39 Å². The number of hydrogen-bond donors (Lipinski definition) is 0. The number of rotatable bonds is 2. The Hall–Kier alpha value is 0.110. The Morgan fingerprint density at radius 1 is 1.33 bits per heavy atom. The predicted octanol–water partition coefficient (Wildman–Crippen LogP) is 4.69. The third-order valence-corrected chi connectivity index (χ3v) is 4.57. The van der Waals surface area contributed by atoms with Crippen molar-refractivity contribution in [2.45, 2.75) is 30.5 Å². The number of hydrogen-bond acceptors (Lipinski definition) is 0. The number of alkyl halides is 1. The molecule has 0 N–H and O–H groups in total. The summed E-state index contributed by atoms with van der Waals surface area (Å²) in [6, 6.07) is 4.98. The third kappa shape index (κ3) is 3.04. The topological polar surface area (TPSA) is 0 Å². The van der Waals surface area contributed by atoms with E-state index in [0.29, 0.717) is 4.83 Å². The molecule has 1 aromatic carbocycles. The molecule has 0 saturated heterocycles. The van der Waals surface area contributed by atoms with Gasteiger partial charge in [-0.2, -0.15) is 0 Å². The standard InChI is InChI=1S/C12H13Br2F/c13-10-3-1-8(6-10)5-9-2-4-11(15)7-12(9)14/h2,4,7-8,10H,1,3,5-6H2. The summed E-state index contributed by atoms with van der Waals surface area (Å²) in [6.45, 7) is 0. The molecular weight excluding hydrogens is 323 g/mol. The molecule has 15 heavy (non-hydrogen) atoms. The maximum Gasteiger partial charge on any atom is 0.124 e. The van der Waals surface area contributed by atoms with Gasteiger partial charge in [-0.1, -0.05) is 37.9 Å². The maximum atomic E-state index is 12.9. The van der Waals surface area contributed by atoms with Crippen LogP contribution in [0.3, 0.4) is 0 Å². The van der Waals surface area contributed by atoms with Crippen LogP contribution in [0.1, 0.15) is 24.8 Å². The molecule has 0 amide bonds. The SMILES string of the molecule is Fc1ccc(CC2CCC(Br)C2)c(Br)c1. The fourth-order valence-electron chi connectivity index (χ4n) is 2.20. The van der Waals surface area contributed by atoms with E-state index in [1.165, 1.54) is 24.8 Å². The van der Waals surface area contributed by atoms with Gasteiger partial charge >= 0.3 is 0 Å². The second-order valence-corrected chi connectivity index (χ2v) is 6.37. The van der Waals surface area contributed by atoms with Crippen molar-refractivity contribution in [3.8, 4) is 0 Å². The molecule has 2 unspecified atom stereocenters. The first-order chi connectivity index (χ1) is 7.15. The van der Waals surface area contributed by atoms with Crippen LogP contribution >= 0.6 is 31.9 Å². The molecule has 1 aromatic rings. The molecule has 1 fully saturated rings. The Morgan fingerprint density at radius 2 is 2.13 bits per heavy atom. The Kier molecular flexibility index (Phi) is 3.83. The van der Waals surface area contributed by atoms with Crippen molar-refractivity contribution < 1.29 is 4.39 Å². The predicted molar refractivity (Wildman–Crippen MR) is 67.9 cm³/mol. The van der Waals surface area contributed by atoms with E-state index in [1.807, 2.05) is 6.07 Å². The van der Waals surface area contributed by atoms with Crippen LogP contribution in [0.25, 0.3) is 0 Å². The molecular formula is C12H13Br2F. The van der Waals surface area contributed by atoms with Gasteiger partial charge in [0.05, 0.1) is 0 Å². The fraction of sp³-hybridized carbons (Fsp3) is 0.500. The molecule has 0 spiro atoms. The smallest absolute Gasteiger partial charge is 0.124 e. The summed E-state index contributed by atoms with van der Waals surface area (Å²) in [5.74, 6) is 0.576. The van der Waals surface area contributed by atoms with Gasteiger partial charge in [0.2, 0.25) is 0 Å². The van der Waals surface area contributed by atoms with Crippen molar-refractivity contribution in [1.29, 1.82) is 0 Å². The van der Waals surface area contributed by atoms with Crippen LogP contribution in [-0.4, -0.2) is 4.83 Å². The molecule has 1 aliphatic rings. The molecule has 0 nitrogen and oxygen atoms in total. The molecule has 3 heteroatoms. The van der Waals surface area contributed by atoms with E-state index >= 15 is 0 Å². The molecule has 2 atom stereocenters. The average Bonchev–Trinajstić information content (AvgIpc) is 2.56. The van der Waals surface area contributed by atoms with Crippen LogP contribution in [0.15, 0.2) is 22.7 Å². The summed E-state index contributed by atoms with van der Waals surface area (Å²) in [4.78, 5) is 0.682. The van der Waals surface area contributed by atoms with Crippen molar-refractivity contribution in [2.24, 2.45) is 5.92 Å². The summed E-state index contributed by atoms with van der Waals surface area (Å²) < 4.78 is 13.8. The normalized spacial score (nSPS) is 25.8. The minimum absolute atomic E-state index is 0.171. The second kappa shape index (κ2) is 4.96. The van der Waals surface area contributed by atoms with Crippen LogP contribution < -0.4 is 0 Å². The summed E-state index contributed by atoms with van der Waals surface area (Å²) >= 11 is 7.07. The van der Waals surface area contributed by atoms with Gasteiger partial charge in [-0.05, 0) is 49.3 Å². The molecule has 1 aliphatic carbocycles. The number of benzene rings is 1. The Morgan fingerprint density at radius 3 is 2.73 bits per heavy atom. The first-order valence-electron chi connectivity index (χ1n) is 5.23. The molecule has 82 valence electrons. The lowest BCUT2D eigenvalue weighted by Gasteiger charge is -2.10. The van der Waals surface area contributed by atoms with Crippen LogP contribution in [0.5, 0.6) is 0 Å². The highest BCUT2D eigenvalue weighted by molar-refractivity contribution is 9.10. The molecule has 0 aliphatic heterocycles. The fourth-order valence-corrected chi connectivity index (χ4v) is 3.50. The average molecular weight is 336 g/mol. The van der Waals surface area contributed by atoms with E-state index < -0.39 is 0 Å². The van der Waals surface area contributed by atoms with Gasteiger partial charge in [0, 0.05) is 9.30 Å². The summed E-state index contributed by atoms with van der Waals surface area (Å²) in [7, 11) is 0. The number of halogens is 3. The zero-order chi connectivity index (χ0) is 10.8. The summed E-state index contributed by atoms with van der Waals surface area (Å²) in [5, 5.41) is 0. The van der Waals surface area contributed by atoms with E-state index in [1.54, 1.807) is 12.1 Å². The van der Waals surface area contributed by atoms with Crippen LogP contribution in [0.2, 0.25) is 0 Å². The van der Waals surface area contributed by atoms with Crippen LogP contribution in [0.4, 0.5) is 4.39 Å². The van der Waals surface area contributed by atoms with Gasteiger partial charge in [-0.3, -0.25) is 0 Å². The van der Waals surface area contributed by atoms with Gasteiger partial charge in [0.15, 0.2) is 0 Å². The lowest BCUT2D eigenvalue weighted by Crippen LogP contribution is -2.01. The maximum absolute atomic E-state index is 12.9. The largest absolute Gasteiger partial charge is 0.207 e. The molecule has 1 saturated carbocycles. The lowest BCUT2D eigenvalue weighted by atomic mass is 9.98. The highest BCUT2D eigenvalue weighted by Crippen LogP contribution is 2.34. The Labute approximate surface area is 107 Å². The minimum Gasteiger partial charge on any atom is -0.207 e. The first kappa shape index (κ1) is 11.6. The van der Waals surface area contributed by atoms with E-state index in [9.17, 15) is 4.39 Å². The molecule has 0 radical (unpaired) electrons. The lowest BCUT2D eigenvalue weighted by molar-refractivity contribution is 0.545. The van der Waals surface area contributed by atoms with Gasteiger partial charge in [-0.15, -0.1) is 0 Å². The van der Waals surface area contributed by atoms with E-state index in [-0.39, 0.29) is 5.82 Å². The molecule has 0 bridgehead atoms. The minimum atomic E-state index is -0.171. The first-order valence-corrected chi connectivity index (χ1v) is 6.94. The zero-order valence-corrected chi connectivity index (χ0v) is 11.5. The van der Waals surface area contributed by atoms with Crippen molar-refractivity contribution >= 4 is 31.9 Å². The van der Waals surface area contributed by atoms with Gasteiger partial charge in [0.25, 0.3) is 0 Å². The Balaban J connectivity index is 2.04. The van der Waals surface area contributed by atoms with Crippen LogP contribution in [0, 0.1) is 11.7 Å². The van der Waals surface area contributed by atoms with E-state index in [2.05, 4.69) is 31.9 Å². The monoisotopic (exact) mass is 334 g/mol. The highest BCUT2D eigenvalue weighted by atomic mass is 79.9. The van der Waals surface area contributed by atoms with E-state index in [4.69, 9.17) is 0 Å². The van der Waals surface area contributed by atoms with Gasteiger partial charge < -0.3 is 0 Å². The molecule has 0 aromatic heterocycles. The van der Waals surface area contributed by atoms with Crippen molar-refractivity contribution in [3.05, 3.63) is 34.1 Å². The highest BCUT2D eigenvalue weighted by Gasteiger charge is 2.23. The molecule has 2 rings (SSSR count). The second-order valence-electron chi connectivity index (χ2n) is 4.22. The van der Waals surface area contributed by atoms with Crippen molar-refractivity contribution in [2.75, 3.05) is 0 Å². The van der Waals surface area contributed by atoms with E-state index in [0.717, 1.165) is 16.8 Å². The van der Waals surface area contributed by atoms with Crippen LogP contribution in [-0.2, 0) is 6.42 Å². The van der Waals surface area contributed by atoms with Crippen molar-refractivity contribution in [1.82, 2.24) is 0 Å². The Bertz CT molecular complexity index is 351. The summed E-state index contributed by atoms with van der Waals surface area (Å²) in [6.07, 6.45) is 4.84. The molecule has 0 heterocycles. The van der Waals surface area contributed by atoms with Gasteiger partial charge in [0.1, 0.15) is 5.82 Å². The van der Waals surface area contributed by atoms with Crippen molar-refractivity contribution in [3.63, 3.8) is 0 Å². The quantitative estimate of drug-likeness (QED) is 0.687. The summed E-state index contributed by atoms with van der Waals surface area (Å²) in [5.41, 5.74) is 1.23. The zero-order valence-electron chi connectivity index (χ0n) is 8.35. The third-order valence-electron chi connectivity index (χ3n) is 3.00.